The normalized spacial score (nSPS) is 17.8. The lowest BCUT2D eigenvalue weighted by Crippen LogP contribution is -2.45. The molecule has 1 unspecified atom stereocenters. The minimum atomic E-state index is -3.69. The third kappa shape index (κ3) is 5.69. The number of halogens is 3. The van der Waals surface area contributed by atoms with E-state index in [-0.39, 0.29) is 30.6 Å². The lowest BCUT2D eigenvalue weighted by atomic mass is 9.99. The van der Waals surface area contributed by atoms with Gasteiger partial charge in [-0.25, -0.2) is 17.1 Å². The molecule has 1 saturated heterocycles. The monoisotopic (exact) mass is 458 g/mol. The molecule has 0 aliphatic carbocycles. The van der Waals surface area contributed by atoms with E-state index in [0.717, 1.165) is 0 Å². The van der Waals surface area contributed by atoms with Crippen LogP contribution in [0.1, 0.15) is 24.0 Å². The van der Waals surface area contributed by atoms with Gasteiger partial charge in [0.1, 0.15) is 5.82 Å². The van der Waals surface area contributed by atoms with Gasteiger partial charge in [0.25, 0.3) is 0 Å². The summed E-state index contributed by atoms with van der Waals surface area (Å²) in [6, 6.07) is 10.8. The minimum absolute atomic E-state index is 0.0966. The third-order valence-electron chi connectivity index (χ3n) is 4.89. The Morgan fingerprint density at radius 3 is 2.55 bits per heavy atom. The summed E-state index contributed by atoms with van der Waals surface area (Å²) in [7, 11) is -3.69. The molecule has 0 aromatic heterocycles. The van der Waals surface area contributed by atoms with Crippen molar-refractivity contribution in [1.82, 2.24) is 9.62 Å². The van der Waals surface area contributed by atoms with Crippen LogP contribution < -0.4 is 5.32 Å². The molecule has 3 rings (SSSR count). The first kappa shape index (κ1) is 22.0. The average molecular weight is 459 g/mol. The summed E-state index contributed by atoms with van der Waals surface area (Å²) >= 11 is 12.2. The van der Waals surface area contributed by atoms with E-state index in [1.165, 1.54) is 16.4 Å². The summed E-state index contributed by atoms with van der Waals surface area (Å²) in [5.74, 6) is -1.40. The second-order valence-corrected chi connectivity index (χ2v) is 9.78. The van der Waals surface area contributed by atoms with Crippen LogP contribution in [0.4, 0.5) is 4.39 Å². The van der Waals surface area contributed by atoms with Crippen molar-refractivity contribution >= 4 is 39.1 Å². The maximum Gasteiger partial charge on any atom is 0.224 e. The molecule has 29 heavy (non-hydrogen) atoms. The topological polar surface area (TPSA) is 66.5 Å². The smallest absolute Gasteiger partial charge is 0.224 e. The molecule has 9 heteroatoms. The zero-order valence-corrected chi connectivity index (χ0v) is 17.9. The van der Waals surface area contributed by atoms with Crippen LogP contribution in [0.15, 0.2) is 42.5 Å². The Hall–Kier alpha value is -1.67. The number of nitrogens with one attached hydrogen (secondary N) is 1. The number of piperidine rings is 1. The van der Waals surface area contributed by atoms with Gasteiger partial charge < -0.3 is 5.32 Å². The van der Waals surface area contributed by atoms with Gasteiger partial charge in [-0.1, -0.05) is 41.4 Å². The molecule has 1 amide bonds. The van der Waals surface area contributed by atoms with E-state index < -0.39 is 15.9 Å². The Morgan fingerprint density at radius 2 is 1.86 bits per heavy atom. The van der Waals surface area contributed by atoms with Crippen LogP contribution in [-0.4, -0.2) is 31.7 Å². The van der Waals surface area contributed by atoms with Crippen LogP contribution in [-0.2, 0) is 27.1 Å². The number of carbonyl (C=O) groups is 1. The van der Waals surface area contributed by atoms with Crippen molar-refractivity contribution in [3.8, 4) is 0 Å². The second kappa shape index (κ2) is 9.43. The molecule has 0 saturated carbocycles. The first-order chi connectivity index (χ1) is 13.8. The van der Waals surface area contributed by atoms with Crippen LogP contribution in [0, 0.1) is 11.7 Å². The van der Waals surface area contributed by atoms with Crippen molar-refractivity contribution in [1.29, 1.82) is 0 Å². The molecule has 0 bridgehead atoms. The van der Waals surface area contributed by atoms with Crippen molar-refractivity contribution in [3.05, 3.63) is 69.5 Å². The number of carbonyl (C=O) groups excluding carboxylic acids is 1. The van der Waals surface area contributed by atoms with Gasteiger partial charge in [0, 0.05) is 35.2 Å². The highest BCUT2D eigenvalue weighted by Gasteiger charge is 2.33. The molecule has 5 nitrogen and oxygen atoms in total. The largest absolute Gasteiger partial charge is 0.352 e. The van der Waals surface area contributed by atoms with Crippen LogP contribution in [0.2, 0.25) is 10.0 Å². The summed E-state index contributed by atoms with van der Waals surface area (Å²) < 4.78 is 40.3. The third-order valence-corrected chi connectivity index (χ3v) is 7.37. The first-order valence-electron chi connectivity index (χ1n) is 9.19. The Labute approximate surface area is 179 Å². The number of nitrogens with zero attached hydrogens (tertiary/aromatic N) is 1. The Morgan fingerprint density at radius 1 is 1.17 bits per heavy atom. The summed E-state index contributed by atoms with van der Waals surface area (Å²) in [4.78, 5) is 12.5. The minimum Gasteiger partial charge on any atom is -0.352 e. The summed E-state index contributed by atoms with van der Waals surface area (Å²) in [5, 5.41) is 3.35. The highest BCUT2D eigenvalue weighted by atomic mass is 35.5. The van der Waals surface area contributed by atoms with E-state index in [9.17, 15) is 17.6 Å². The van der Waals surface area contributed by atoms with Gasteiger partial charge in [0.15, 0.2) is 0 Å². The lowest BCUT2D eigenvalue weighted by molar-refractivity contribution is -0.126. The number of hydrogen-bond donors (Lipinski definition) is 1. The van der Waals surface area contributed by atoms with E-state index >= 15 is 0 Å². The molecule has 1 heterocycles. The molecule has 0 radical (unpaired) electrons. The molecule has 1 N–H and O–H groups in total. The number of sulfonamides is 1. The SMILES string of the molecule is O=C(NCc1cccc(F)c1)C1CCCN(S(=O)(=O)Cc2c(Cl)cccc2Cl)C1. The molecule has 156 valence electrons. The summed E-state index contributed by atoms with van der Waals surface area (Å²) in [6.45, 7) is 0.631. The highest BCUT2D eigenvalue weighted by molar-refractivity contribution is 7.88. The summed E-state index contributed by atoms with van der Waals surface area (Å²) in [5.41, 5.74) is 1.00. The second-order valence-electron chi connectivity index (χ2n) is 7.00. The average Bonchev–Trinajstić information content (AvgIpc) is 2.69. The molecule has 2 aromatic carbocycles. The maximum absolute atomic E-state index is 13.3. The van der Waals surface area contributed by atoms with Crippen LogP contribution in [0.3, 0.4) is 0 Å². The Kier molecular flexibility index (Phi) is 7.16. The van der Waals surface area contributed by atoms with E-state index in [1.807, 2.05) is 0 Å². The highest BCUT2D eigenvalue weighted by Crippen LogP contribution is 2.29. The molecule has 0 spiro atoms. The van der Waals surface area contributed by atoms with Gasteiger partial charge in [-0.15, -0.1) is 0 Å². The van der Waals surface area contributed by atoms with Crippen molar-refractivity contribution < 1.29 is 17.6 Å². The van der Waals surface area contributed by atoms with E-state index in [4.69, 9.17) is 23.2 Å². The fourth-order valence-corrected chi connectivity index (χ4v) is 5.70. The first-order valence-corrected chi connectivity index (χ1v) is 11.6. The molecule has 1 fully saturated rings. The Balaban J connectivity index is 1.64. The van der Waals surface area contributed by atoms with Gasteiger partial charge in [0.05, 0.1) is 11.7 Å². The molecule has 1 atom stereocenters. The zero-order valence-electron chi connectivity index (χ0n) is 15.6. The van der Waals surface area contributed by atoms with Crippen LogP contribution in [0.25, 0.3) is 0 Å². The quantitative estimate of drug-likeness (QED) is 0.711. The summed E-state index contributed by atoms with van der Waals surface area (Å²) in [6.07, 6.45) is 1.17. The predicted molar refractivity (Wildman–Crippen MR) is 112 cm³/mol. The lowest BCUT2D eigenvalue weighted by Gasteiger charge is -2.31. The van der Waals surface area contributed by atoms with Crippen molar-refractivity contribution in [2.24, 2.45) is 5.92 Å². The predicted octanol–water partition coefficient (Wildman–Crippen LogP) is 3.99. The van der Waals surface area contributed by atoms with Crippen molar-refractivity contribution in [2.75, 3.05) is 13.1 Å². The van der Waals surface area contributed by atoms with Gasteiger partial charge >= 0.3 is 0 Å². The van der Waals surface area contributed by atoms with Gasteiger partial charge in [-0.3, -0.25) is 4.79 Å². The number of rotatable bonds is 6. The van der Waals surface area contributed by atoms with E-state index in [2.05, 4.69) is 5.32 Å². The van der Waals surface area contributed by atoms with Crippen molar-refractivity contribution in [2.45, 2.75) is 25.1 Å². The molecule has 1 aliphatic heterocycles. The number of amides is 1. The van der Waals surface area contributed by atoms with Crippen LogP contribution >= 0.6 is 23.2 Å². The van der Waals surface area contributed by atoms with Gasteiger partial charge in [-0.05, 0) is 42.7 Å². The number of hydrogen-bond acceptors (Lipinski definition) is 3. The van der Waals surface area contributed by atoms with E-state index in [1.54, 1.807) is 30.3 Å². The fourth-order valence-electron chi connectivity index (χ4n) is 3.33. The maximum atomic E-state index is 13.3. The standard InChI is InChI=1S/C20H21Cl2FN2O3S/c21-18-7-2-8-19(22)17(18)13-29(27,28)25-9-3-5-15(12-25)20(26)24-11-14-4-1-6-16(23)10-14/h1-2,4,6-8,10,15H,3,5,9,11-13H2,(H,24,26). The number of benzene rings is 2. The fraction of sp³-hybridized carbons (Fsp3) is 0.350. The van der Waals surface area contributed by atoms with E-state index in [0.29, 0.717) is 40.6 Å². The van der Waals surface area contributed by atoms with Crippen molar-refractivity contribution in [3.63, 3.8) is 0 Å². The van der Waals surface area contributed by atoms with Gasteiger partial charge in [0.2, 0.25) is 15.9 Å². The van der Waals surface area contributed by atoms with Crippen LogP contribution in [0.5, 0.6) is 0 Å². The van der Waals surface area contributed by atoms with Gasteiger partial charge in [-0.2, -0.15) is 0 Å². The molecular weight excluding hydrogens is 438 g/mol. The zero-order chi connectivity index (χ0) is 21.0. The molecule has 2 aromatic rings. The Bertz CT molecular complexity index is 981. The molecule has 1 aliphatic rings. The molecular formula is C20H21Cl2FN2O3S.